The number of methoxy groups -OCH3 is 1. The summed E-state index contributed by atoms with van der Waals surface area (Å²) in [5.41, 5.74) is 3.98. The molecule has 0 saturated heterocycles. The first kappa shape index (κ1) is 15.0. The largest absolute Gasteiger partial charge is 0.497 e. The van der Waals surface area contributed by atoms with Gasteiger partial charge in [-0.15, -0.1) is 0 Å². The highest BCUT2D eigenvalue weighted by Gasteiger charge is 2.28. The zero-order valence-corrected chi connectivity index (χ0v) is 13.6. The summed E-state index contributed by atoms with van der Waals surface area (Å²) >= 11 is 0. The van der Waals surface area contributed by atoms with E-state index in [1.807, 2.05) is 24.4 Å². The standard InChI is InChI=1S/C19H24N2O/c1-14(15-9-11-17(22-3)12-10-15)21(2)18-8-4-6-16-7-5-13-20-19(16)18/h5,7,9-14,18H,4,6,8H2,1-3H3/t14-,18?/m0/s1. The van der Waals surface area contributed by atoms with Crippen molar-refractivity contribution in [2.24, 2.45) is 0 Å². The topological polar surface area (TPSA) is 25.4 Å². The molecule has 1 heterocycles. The van der Waals surface area contributed by atoms with Crippen LogP contribution in [0, 0.1) is 0 Å². The van der Waals surface area contributed by atoms with Gasteiger partial charge in [0.2, 0.25) is 0 Å². The third-order valence-corrected chi connectivity index (χ3v) is 4.87. The van der Waals surface area contributed by atoms with E-state index in [4.69, 9.17) is 4.74 Å². The van der Waals surface area contributed by atoms with Gasteiger partial charge in [-0.05, 0) is 62.6 Å². The lowest BCUT2D eigenvalue weighted by molar-refractivity contribution is 0.164. The number of aryl methyl sites for hydroxylation is 1. The van der Waals surface area contributed by atoms with Crippen LogP contribution in [0.3, 0.4) is 0 Å². The van der Waals surface area contributed by atoms with E-state index < -0.39 is 0 Å². The van der Waals surface area contributed by atoms with E-state index in [-0.39, 0.29) is 0 Å². The SMILES string of the molecule is COc1ccc([C@H](C)N(C)C2CCCc3cccnc32)cc1. The van der Waals surface area contributed by atoms with Crippen molar-refractivity contribution in [3.8, 4) is 5.75 Å². The van der Waals surface area contributed by atoms with Gasteiger partial charge in [-0.1, -0.05) is 18.2 Å². The number of fused-ring (bicyclic) bond motifs is 1. The van der Waals surface area contributed by atoms with E-state index >= 15 is 0 Å². The van der Waals surface area contributed by atoms with Crippen LogP contribution in [0.2, 0.25) is 0 Å². The van der Waals surface area contributed by atoms with Crippen LogP contribution in [0.4, 0.5) is 0 Å². The predicted molar refractivity (Wildman–Crippen MR) is 89.1 cm³/mol. The highest BCUT2D eigenvalue weighted by Crippen LogP contribution is 2.36. The average Bonchev–Trinajstić information content (AvgIpc) is 2.60. The molecule has 0 amide bonds. The second-order valence-electron chi connectivity index (χ2n) is 6.07. The van der Waals surface area contributed by atoms with Crippen LogP contribution >= 0.6 is 0 Å². The molecule has 0 fully saturated rings. The molecule has 0 bridgehead atoms. The Balaban J connectivity index is 1.82. The Bertz CT molecular complexity index is 624. The summed E-state index contributed by atoms with van der Waals surface area (Å²) in [5, 5.41) is 0. The fourth-order valence-electron chi connectivity index (χ4n) is 3.37. The number of hydrogen-bond donors (Lipinski definition) is 0. The number of pyridine rings is 1. The summed E-state index contributed by atoms with van der Waals surface area (Å²) in [6, 6.07) is 13.4. The van der Waals surface area contributed by atoms with Crippen molar-refractivity contribution in [3.05, 3.63) is 59.4 Å². The van der Waals surface area contributed by atoms with Gasteiger partial charge in [0.15, 0.2) is 0 Å². The van der Waals surface area contributed by atoms with Crippen LogP contribution in [-0.4, -0.2) is 24.0 Å². The quantitative estimate of drug-likeness (QED) is 0.847. The molecular formula is C19H24N2O. The van der Waals surface area contributed by atoms with Crippen molar-refractivity contribution in [2.45, 2.75) is 38.3 Å². The summed E-state index contributed by atoms with van der Waals surface area (Å²) in [4.78, 5) is 7.11. The third kappa shape index (κ3) is 2.86. The Labute approximate surface area is 132 Å². The van der Waals surface area contributed by atoms with Crippen LogP contribution in [-0.2, 0) is 6.42 Å². The minimum atomic E-state index is 0.351. The highest BCUT2D eigenvalue weighted by atomic mass is 16.5. The molecule has 2 atom stereocenters. The number of hydrogen-bond acceptors (Lipinski definition) is 3. The summed E-state index contributed by atoms with van der Waals surface area (Å²) in [5.74, 6) is 0.906. The summed E-state index contributed by atoms with van der Waals surface area (Å²) in [7, 11) is 3.92. The van der Waals surface area contributed by atoms with Gasteiger partial charge in [-0.25, -0.2) is 0 Å². The van der Waals surface area contributed by atoms with Gasteiger partial charge < -0.3 is 4.74 Å². The zero-order valence-electron chi connectivity index (χ0n) is 13.6. The highest BCUT2D eigenvalue weighted by molar-refractivity contribution is 5.30. The zero-order chi connectivity index (χ0) is 15.5. The summed E-state index contributed by atoms with van der Waals surface area (Å²) in [6.07, 6.45) is 5.50. The lowest BCUT2D eigenvalue weighted by Gasteiger charge is -2.36. The molecule has 3 nitrogen and oxygen atoms in total. The van der Waals surface area contributed by atoms with Crippen LogP contribution in [0.25, 0.3) is 0 Å². The normalized spacial score (nSPS) is 18.8. The molecule has 1 unspecified atom stereocenters. The lowest BCUT2D eigenvalue weighted by Crippen LogP contribution is -2.31. The number of aromatic nitrogens is 1. The van der Waals surface area contributed by atoms with Gasteiger partial charge in [0.05, 0.1) is 18.8 Å². The van der Waals surface area contributed by atoms with Gasteiger partial charge in [-0.2, -0.15) is 0 Å². The molecule has 1 aromatic heterocycles. The fourth-order valence-corrected chi connectivity index (χ4v) is 3.37. The Morgan fingerprint density at radius 1 is 1.23 bits per heavy atom. The van der Waals surface area contributed by atoms with E-state index in [1.165, 1.54) is 29.7 Å². The minimum absolute atomic E-state index is 0.351. The second kappa shape index (κ2) is 6.49. The van der Waals surface area contributed by atoms with Crippen LogP contribution < -0.4 is 4.74 Å². The Morgan fingerprint density at radius 3 is 2.73 bits per heavy atom. The van der Waals surface area contributed by atoms with Crippen molar-refractivity contribution in [1.82, 2.24) is 9.88 Å². The number of rotatable bonds is 4. The van der Waals surface area contributed by atoms with Crippen molar-refractivity contribution < 1.29 is 4.74 Å². The van der Waals surface area contributed by atoms with Crippen LogP contribution in [0.15, 0.2) is 42.6 Å². The number of benzene rings is 1. The molecular weight excluding hydrogens is 272 g/mol. The van der Waals surface area contributed by atoms with Crippen molar-refractivity contribution >= 4 is 0 Å². The minimum Gasteiger partial charge on any atom is -0.497 e. The average molecular weight is 296 g/mol. The maximum Gasteiger partial charge on any atom is 0.118 e. The predicted octanol–water partition coefficient (Wildman–Crippen LogP) is 4.16. The molecule has 2 aromatic rings. The van der Waals surface area contributed by atoms with Gasteiger partial charge >= 0.3 is 0 Å². The summed E-state index contributed by atoms with van der Waals surface area (Å²) in [6.45, 7) is 2.26. The molecule has 0 spiro atoms. The summed E-state index contributed by atoms with van der Waals surface area (Å²) < 4.78 is 5.25. The molecule has 0 N–H and O–H groups in total. The fraction of sp³-hybridized carbons (Fsp3) is 0.421. The maximum absolute atomic E-state index is 5.25. The van der Waals surface area contributed by atoms with E-state index in [1.54, 1.807) is 7.11 Å². The van der Waals surface area contributed by atoms with Crippen molar-refractivity contribution in [3.63, 3.8) is 0 Å². The van der Waals surface area contributed by atoms with Crippen LogP contribution in [0.1, 0.15) is 48.7 Å². The Kier molecular flexibility index (Phi) is 4.44. The third-order valence-electron chi connectivity index (χ3n) is 4.87. The Hall–Kier alpha value is -1.87. The number of nitrogens with zero attached hydrogens (tertiary/aromatic N) is 2. The van der Waals surface area contributed by atoms with E-state index in [0.717, 1.165) is 12.2 Å². The Morgan fingerprint density at radius 2 is 2.00 bits per heavy atom. The molecule has 0 radical (unpaired) electrons. The molecule has 1 aliphatic rings. The molecule has 1 aliphatic carbocycles. The molecule has 3 rings (SSSR count). The molecule has 1 aromatic carbocycles. The first-order chi connectivity index (χ1) is 10.7. The molecule has 22 heavy (non-hydrogen) atoms. The van der Waals surface area contributed by atoms with Crippen molar-refractivity contribution in [2.75, 3.05) is 14.2 Å². The first-order valence-corrected chi connectivity index (χ1v) is 8.00. The first-order valence-electron chi connectivity index (χ1n) is 8.00. The maximum atomic E-state index is 5.25. The molecule has 0 saturated carbocycles. The van der Waals surface area contributed by atoms with E-state index in [0.29, 0.717) is 12.1 Å². The monoisotopic (exact) mass is 296 g/mol. The molecule has 0 aliphatic heterocycles. The van der Waals surface area contributed by atoms with Gasteiger partial charge in [-0.3, -0.25) is 9.88 Å². The lowest BCUT2D eigenvalue weighted by atomic mass is 9.90. The second-order valence-corrected chi connectivity index (χ2v) is 6.07. The number of ether oxygens (including phenoxy) is 1. The molecule has 3 heteroatoms. The van der Waals surface area contributed by atoms with Gasteiger partial charge in [0.1, 0.15) is 5.75 Å². The van der Waals surface area contributed by atoms with E-state index in [2.05, 4.69) is 42.1 Å². The van der Waals surface area contributed by atoms with Crippen molar-refractivity contribution in [1.29, 1.82) is 0 Å². The van der Waals surface area contributed by atoms with Crippen LogP contribution in [0.5, 0.6) is 5.75 Å². The van der Waals surface area contributed by atoms with Gasteiger partial charge in [0.25, 0.3) is 0 Å². The smallest absolute Gasteiger partial charge is 0.118 e. The molecule has 116 valence electrons. The van der Waals surface area contributed by atoms with Gasteiger partial charge in [0, 0.05) is 12.2 Å². The van der Waals surface area contributed by atoms with E-state index in [9.17, 15) is 0 Å².